The van der Waals surface area contributed by atoms with Gasteiger partial charge in [-0.3, -0.25) is 4.90 Å². The highest BCUT2D eigenvalue weighted by Gasteiger charge is 2.36. The van der Waals surface area contributed by atoms with Crippen molar-refractivity contribution in [2.75, 3.05) is 25.0 Å². The van der Waals surface area contributed by atoms with E-state index in [-0.39, 0.29) is 5.66 Å². The van der Waals surface area contributed by atoms with Crippen LogP contribution in [-0.4, -0.2) is 30.7 Å². The van der Waals surface area contributed by atoms with Crippen LogP contribution in [0, 0.1) is 0 Å². The fourth-order valence-electron chi connectivity index (χ4n) is 2.06. The number of rotatable bonds is 1. The van der Waals surface area contributed by atoms with E-state index in [1.165, 1.54) is 5.69 Å². The quantitative estimate of drug-likeness (QED) is 0.669. The molecule has 1 heterocycles. The van der Waals surface area contributed by atoms with Crippen molar-refractivity contribution < 1.29 is 0 Å². The van der Waals surface area contributed by atoms with Crippen molar-refractivity contribution in [3.63, 3.8) is 0 Å². The van der Waals surface area contributed by atoms with E-state index in [9.17, 15) is 0 Å². The lowest BCUT2D eigenvalue weighted by Crippen LogP contribution is -2.46. The van der Waals surface area contributed by atoms with Crippen LogP contribution in [0.1, 0.15) is 13.8 Å². The Balaban J connectivity index is 2.29. The van der Waals surface area contributed by atoms with E-state index in [1.54, 1.807) is 0 Å². The first-order chi connectivity index (χ1) is 6.62. The van der Waals surface area contributed by atoms with Crippen molar-refractivity contribution >= 4 is 5.69 Å². The average molecular weight is 190 g/mol. The largest absolute Gasteiger partial charge is 0.352 e. The summed E-state index contributed by atoms with van der Waals surface area (Å²) in [6, 6.07) is 10.6. The van der Waals surface area contributed by atoms with E-state index in [2.05, 4.69) is 61.0 Å². The minimum Gasteiger partial charge on any atom is -0.352 e. The molecular formula is C12H18N2. The second kappa shape index (κ2) is 3.28. The van der Waals surface area contributed by atoms with Crippen molar-refractivity contribution in [3.05, 3.63) is 30.3 Å². The molecule has 0 amide bonds. The second-order valence-electron chi connectivity index (χ2n) is 4.40. The van der Waals surface area contributed by atoms with Crippen LogP contribution in [0.2, 0.25) is 0 Å². The molecule has 0 atom stereocenters. The zero-order valence-corrected chi connectivity index (χ0v) is 9.20. The van der Waals surface area contributed by atoms with Gasteiger partial charge in [0.2, 0.25) is 0 Å². The van der Waals surface area contributed by atoms with Gasteiger partial charge in [0.25, 0.3) is 0 Å². The maximum absolute atomic E-state index is 2.45. The first-order valence-electron chi connectivity index (χ1n) is 5.16. The van der Waals surface area contributed by atoms with E-state index in [0.29, 0.717) is 0 Å². The van der Waals surface area contributed by atoms with Crippen LogP contribution in [-0.2, 0) is 0 Å². The Kier molecular flexibility index (Phi) is 2.23. The van der Waals surface area contributed by atoms with E-state index < -0.39 is 0 Å². The number of hydrogen-bond acceptors (Lipinski definition) is 2. The van der Waals surface area contributed by atoms with Crippen molar-refractivity contribution in [1.29, 1.82) is 0 Å². The lowest BCUT2D eigenvalue weighted by atomic mass is 10.2. The molecule has 1 aromatic carbocycles. The van der Waals surface area contributed by atoms with Gasteiger partial charge < -0.3 is 4.90 Å². The lowest BCUT2D eigenvalue weighted by molar-refractivity contribution is 0.220. The summed E-state index contributed by atoms with van der Waals surface area (Å²) >= 11 is 0. The minimum absolute atomic E-state index is 0.140. The van der Waals surface area contributed by atoms with Gasteiger partial charge in [-0.15, -0.1) is 0 Å². The molecule has 0 bridgehead atoms. The first kappa shape index (κ1) is 9.53. The molecule has 1 aliphatic heterocycles. The van der Waals surface area contributed by atoms with Crippen LogP contribution in [0.25, 0.3) is 0 Å². The third-order valence-electron chi connectivity index (χ3n) is 3.32. The van der Waals surface area contributed by atoms with Crippen LogP contribution in [0.3, 0.4) is 0 Å². The molecule has 2 nitrogen and oxygen atoms in total. The molecule has 0 N–H and O–H groups in total. The summed E-state index contributed by atoms with van der Waals surface area (Å²) < 4.78 is 0. The maximum Gasteiger partial charge on any atom is 0.0874 e. The van der Waals surface area contributed by atoms with Gasteiger partial charge in [0, 0.05) is 18.8 Å². The lowest BCUT2D eigenvalue weighted by Gasteiger charge is -2.37. The van der Waals surface area contributed by atoms with Gasteiger partial charge in [-0.2, -0.15) is 0 Å². The fraction of sp³-hybridized carbons (Fsp3) is 0.500. The fourth-order valence-corrected chi connectivity index (χ4v) is 2.06. The average Bonchev–Trinajstić information content (AvgIpc) is 2.44. The summed E-state index contributed by atoms with van der Waals surface area (Å²) in [5.41, 5.74) is 1.46. The first-order valence-corrected chi connectivity index (χ1v) is 5.16. The number of likely N-dealkylation sites (N-methyl/N-ethyl adjacent to an activating group) is 1. The van der Waals surface area contributed by atoms with E-state index in [1.807, 2.05) is 0 Å². The summed E-state index contributed by atoms with van der Waals surface area (Å²) in [6.07, 6.45) is 0. The van der Waals surface area contributed by atoms with E-state index in [0.717, 1.165) is 13.1 Å². The highest BCUT2D eigenvalue weighted by molar-refractivity contribution is 5.49. The van der Waals surface area contributed by atoms with Crippen LogP contribution in [0.15, 0.2) is 30.3 Å². The number of para-hydroxylation sites is 1. The summed E-state index contributed by atoms with van der Waals surface area (Å²) in [5.74, 6) is 0. The normalized spacial score (nSPS) is 21.5. The number of hydrogen-bond donors (Lipinski definition) is 0. The minimum atomic E-state index is 0.140. The highest BCUT2D eigenvalue weighted by Crippen LogP contribution is 2.29. The number of benzene rings is 1. The smallest absolute Gasteiger partial charge is 0.0874 e. The molecule has 1 fully saturated rings. The molecular weight excluding hydrogens is 172 g/mol. The summed E-state index contributed by atoms with van der Waals surface area (Å²) in [4.78, 5) is 4.84. The monoisotopic (exact) mass is 190 g/mol. The van der Waals surface area contributed by atoms with Crippen molar-refractivity contribution in [3.8, 4) is 0 Å². The molecule has 0 saturated carbocycles. The molecule has 0 aromatic heterocycles. The summed E-state index contributed by atoms with van der Waals surface area (Å²) in [5, 5.41) is 0. The Hall–Kier alpha value is -1.02. The molecule has 14 heavy (non-hydrogen) atoms. The molecule has 1 aliphatic rings. The molecule has 1 saturated heterocycles. The molecule has 0 radical (unpaired) electrons. The molecule has 1 aromatic rings. The second-order valence-corrected chi connectivity index (χ2v) is 4.40. The summed E-state index contributed by atoms with van der Waals surface area (Å²) in [7, 11) is 2.18. The molecule has 0 unspecified atom stereocenters. The van der Waals surface area contributed by atoms with Crippen molar-refractivity contribution in [2.24, 2.45) is 0 Å². The van der Waals surface area contributed by atoms with Crippen LogP contribution < -0.4 is 4.90 Å². The Labute approximate surface area is 86.1 Å². The predicted molar refractivity (Wildman–Crippen MR) is 60.5 cm³/mol. The third-order valence-corrected chi connectivity index (χ3v) is 3.32. The van der Waals surface area contributed by atoms with Crippen LogP contribution >= 0.6 is 0 Å². The summed E-state index contributed by atoms with van der Waals surface area (Å²) in [6.45, 7) is 6.80. The Morgan fingerprint density at radius 2 is 1.71 bits per heavy atom. The van der Waals surface area contributed by atoms with E-state index in [4.69, 9.17) is 0 Å². The van der Waals surface area contributed by atoms with E-state index >= 15 is 0 Å². The van der Waals surface area contributed by atoms with Crippen LogP contribution in [0.4, 0.5) is 5.69 Å². The Bertz CT molecular complexity index is 305. The van der Waals surface area contributed by atoms with Gasteiger partial charge in [0.05, 0.1) is 5.66 Å². The van der Waals surface area contributed by atoms with Gasteiger partial charge in [-0.25, -0.2) is 0 Å². The Morgan fingerprint density at radius 3 is 2.21 bits per heavy atom. The zero-order valence-electron chi connectivity index (χ0n) is 9.20. The van der Waals surface area contributed by atoms with Gasteiger partial charge in [-0.05, 0) is 33.0 Å². The number of anilines is 1. The predicted octanol–water partition coefficient (Wildman–Crippen LogP) is 2.17. The highest BCUT2D eigenvalue weighted by atomic mass is 15.4. The van der Waals surface area contributed by atoms with Gasteiger partial charge >= 0.3 is 0 Å². The van der Waals surface area contributed by atoms with Crippen molar-refractivity contribution in [1.82, 2.24) is 4.90 Å². The third kappa shape index (κ3) is 1.40. The van der Waals surface area contributed by atoms with Gasteiger partial charge in [-0.1, -0.05) is 18.2 Å². The molecule has 2 rings (SSSR count). The molecule has 76 valence electrons. The standard InChI is InChI=1S/C12H18N2/c1-12(2)13(3)9-10-14(12)11-7-5-4-6-8-11/h4-8H,9-10H2,1-3H3. The van der Waals surface area contributed by atoms with Crippen LogP contribution in [0.5, 0.6) is 0 Å². The zero-order chi connectivity index (χ0) is 10.2. The molecule has 0 spiro atoms. The Morgan fingerprint density at radius 1 is 1.07 bits per heavy atom. The van der Waals surface area contributed by atoms with Gasteiger partial charge in [0.15, 0.2) is 0 Å². The topological polar surface area (TPSA) is 6.48 Å². The number of nitrogens with zero attached hydrogens (tertiary/aromatic N) is 2. The maximum atomic E-state index is 2.45. The molecule has 2 heteroatoms. The van der Waals surface area contributed by atoms with Crippen molar-refractivity contribution in [2.45, 2.75) is 19.5 Å². The van der Waals surface area contributed by atoms with Gasteiger partial charge in [0.1, 0.15) is 0 Å². The molecule has 0 aliphatic carbocycles. The SMILES string of the molecule is CN1CCN(c2ccccc2)C1(C)C.